The molecule has 0 aliphatic carbocycles. The van der Waals surface area contributed by atoms with E-state index in [0.717, 1.165) is 17.0 Å². The van der Waals surface area contributed by atoms with E-state index in [-0.39, 0.29) is 6.03 Å². The summed E-state index contributed by atoms with van der Waals surface area (Å²) in [5, 5.41) is 7.98. The van der Waals surface area contributed by atoms with Crippen molar-refractivity contribution in [2.75, 3.05) is 17.7 Å². The highest BCUT2D eigenvalue weighted by molar-refractivity contribution is 7.14. The number of urea groups is 1. The van der Waals surface area contributed by atoms with Gasteiger partial charge in [0.05, 0.1) is 12.8 Å². The maximum absolute atomic E-state index is 12.0. The molecular weight excluding hydrogens is 322 g/mol. The van der Waals surface area contributed by atoms with Gasteiger partial charge in [-0.15, -0.1) is 11.3 Å². The smallest absolute Gasteiger partial charge is 0.325 e. The zero-order valence-corrected chi connectivity index (χ0v) is 14.2. The summed E-state index contributed by atoms with van der Waals surface area (Å²) < 4.78 is 5.09. The minimum absolute atomic E-state index is 0.329. The van der Waals surface area contributed by atoms with Gasteiger partial charge in [-0.25, -0.2) is 9.78 Å². The Morgan fingerprint density at radius 3 is 2.42 bits per heavy atom. The van der Waals surface area contributed by atoms with Crippen molar-refractivity contribution in [3.05, 3.63) is 59.5 Å². The summed E-state index contributed by atoms with van der Waals surface area (Å²) in [7, 11) is 1.60. The molecule has 0 spiro atoms. The molecule has 0 saturated carbocycles. The van der Waals surface area contributed by atoms with E-state index < -0.39 is 0 Å². The molecule has 0 aliphatic rings. The number of ether oxygens (including phenoxy) is 1. The molecule has 6 heteroatoms. The maximum Gasteiger partial charge on any atom is 0.325 e. The third-order valence-corrected chi connectivity index (χ3v) is 4.18. The fraction of sp³-hybridized carbons (Fsp3) is 0.111. The summed E-state index contributed by atoms with van der Waals surface area (Å²) in [5.41, 5.74) is 3.76. The van der Waals surface area contributed by atoms with Crippen LogP contribution in [0, 0.1) is 6.92 Å². The lowest BCUT2D eigenvalue weighted by Gasteiger charge is -2.06. The van der Waals surface area contributed by atoms with Crippen molar-refractivity contribution in [1.82, 2.24) is 4.98 Å². The van der Waals surface area contributed by atoms with Crippen LogP contribution in [-0.4, -0.2) is 18.1 Å². The molecule has 1 aromatic heterocycles. The summed E-state index contributed by atoms with van der Waals surface area (Å²) in [4.78, 5) is 16.5. The van der Waals surface area contributed by atoms with Crippen molar-refractivity contribution in [3.8, 4) is 17.0 Å². The number of carbonyl (C=O) groups is 1. The lowest BCUT2D eigenvalue weighted by Crippen LogP contribution is -2.19. The first kappa shape index (κ1) is 16.0. The second-order valence-corrected chi connectivity index (χ2v) is 6.07. The second kappa shape index (κ2) is 7.14. The molecule has 2 N–H and O–H groups in total. The fourth-order valence-corrected chi connectivity index (χ4v) is 2.84. The number of carbonyl (C=O) groups excluding carboxylic acids is 1. The second-order valence-electron chi connectivity index (χ2n) is 5.21. The van der Waals surface area contributed by atoms with Crippen LogP contribution in [0.15, 0.2) is 53.9 Å². The van der Waals surface area contributed by atoms with E-state index in [2.05, 4.69) is 15.6 Å². The Morgan fingerprint density at radius 2 is 1.75 bits per heavy atom. The summed E-state index contributed by atoms with van der Waals surface area (Å²) in [6.45, 7) is 2.04. The number of aryl methyl sites for hydroxylation is 1. The van der Waals surface area contributed by atoms with Crippen LogP contribution in [0.1, 0.15) is 5.56 Å². The normalized spacial score (nSPS) is 10.2. The van der Waals surface area contributed by atoms with Gasteiger partial charge in [0.2, 0.25) is 0 Å². The van der Waals surface area contributed by atoms with Crippen molar-refractivity contribution in [2.45, 2.75) is 6.92 Å². The predicted molar refractivity (Wildman–Crippen MR) is 97.9 cm³/mol. The molecule has 0 atom stereocenters. The van der Waals surface area contributed by atoms with Crippen LogP contribution in [0.25, 0.3) is 11.3 Å². The molecule has 0 aliphatic heterocycles. The summed E-state index contributed by atoms with van der Waals surface area (Å²) >= 11 is 1.39. The molecule has 0 saturated heterocycles. The number of anilines is 2. The minimum Gasteiger partial charge on any atom is -0.497 e. The number of benzene rings is 2. The summed E-state index contributed by atoms with van der Waals surface area (Å²) in [5.74, 6) is 0.739. The summed E-state index contributed by atoms with van der Waals surface area (Å²) in [6, 6.07) is 14.9. The Hall–Kier alpha value is -2.86. The molecule has 3 aromatic rings. The van der Waals surface area contributed by atoms with E-state index in [1.165, 1.54) is 16.9 Å². The first-order chi connectivity index (χ1) is 11.6. The highest BCUT2D eigenvalue weighted by Gasteiger charge is 2.08. The fourth-order valence-electron chi connectivity index (χ4n) is 2.12. The van der Waals surface area contributed by atoms with E-state index in [1.54, 1.807) is 31.4 Å². The zero-order valence-electron chi connectivity index (χ0n) is 13.4. The van der Waals surface area contributed by atoms with E-state index in [9.17, 15) is 4.79 Å². The quantitative estimate of drug-likeness (QED) is 0.719. The van der Waals surface area contributed by atoms with Gasteiger partial charge >= 0.3 is 6.03 Å². The molecule has 5 nitrogen and oxygen atoms in total. The van der Waals surface area contributed by atoms with Crippen molar-refractivity contribution < 1.29 is 9.53 Å². The molecule has 0 fully saturated rings. The van der Waals surface area contributed by atoms with Gasteiger partial charge < -0.3 is 10.1 Å². The van der Waals surface area contributed by atoms with Gasteiger partial charge in [-0.05, 0) is 31.2 Å². The predicted octanol–water partition coefficient (Wildman–Crippen LogP) is 4.77. The molecule has 1 heterocycles. The van der Waals surface area contributed by atoms with Crippen molar-refractivity contribution in [2.24, 2.45) is 0 Å². The lowest BCUT2D eigenvalue weighted by atomic mass is 10.1. The Balaban J connectivity index is 1.63. The number of nitrogens with one attached hydrogen (secondary N) is 2. The molecular formula is C18H17N3O2S. The first-order valence-electron chi connectivity index (χ1n) is 7.38. The van der Waals surface area contributed by atoms with Crippen LogP contribution in [0.2, 0.25) is 0 Å². The largest absolute Gasteiger partial charge is 0.497 e. The Morgan fingerprint density at radius 1 is 1.04 bits per heavy atom. The number of nitrogens with zero attached hydrogens (tertiary/aromatic N) is 1. The van der Waals surface area contributed by atoms with Gasteiger partial charge in [0, 0.05) is 16.6 Å². The lowest BCUT2D eigenvalue weighted by molar-refractivity contribution is 0.262. The molecule has 0 unspecified atom stereocenters. The molecule has 3 rings (SSSR count). The van der Waals surface area contributed by atoms with Crippen molar-refractivity contribution in [1.29, 1.82) is 0 Å². The topological polar surface area (TPSA) is 63.2 Å². The number of methoxy groups -OCH3 is 1. The molecule has 2 aromatic carbocycles. The van der Waals surface area contributed by atoms with E-state index in [0.29, 0.717) is 10.8 Å². The summed E-state index contributed by atoms with van der Waals surface area (Å²) in [6.07, 6.45) is 0. The van der Waals surface area contributed by atoms with Crippen LogP contribution in [-0.2, 0) is 0 Å². The highest BCUT2D eigenvalue weighted by Crippen LogP contribution is 2.25. The van der Waals surface area contributed by atoms with E-state index in [4.69, 9.17) is 4.74 Å². The average Bonchev–Trinajstić information content (AvgIpc) is 3.04. The monoisotopic (exact) mass is 339 g/mol. The van der Waals surface area contributed by atoms with Gasteiger partial charge in [0.25, 0.3) is 0 Å². The number of hydrogen-bond donors (Lipinski definition) is 2. The van der Waals surface area contributed by atoms with Crippen LogP contribution >= 0.6 is 11.3 Å². The van der Waals surface area contributed by atoms with E-state index >= 15 is 0 Å². The average molecular weight is 339 g/mol. The minimum atomic E-state index is -0.329. The van der Waals surface area contributed by atoms with Crippen LogP contribution in [0.3, 0.4) is 0 Å². The first-order valence-corrected chi connectivity index (χ1v) is 8.26. The Labute approximate surface area is 144 Å². The van der Waals surface area contributed by atoms with Gasteiger partial charge in [-0.3, -0.25) is 5.32 Å². The molecule has 2 amide bonds. The Bertz CT molecular complexity index is 826. The third-order valence-electron chi connectivity index (χ3n) is 3.42. The standard InChI is InChI=1S/C18H17N3O2S/c1-12-3-5-13(6-4-12)16-11-24-18(20-16)21-17(22)19-14-7-9-15(23-2)10-8-14/h3-11H,1-2H3,(H2,19,20,21,22). The zero-order chi connectivity index (χ0) is 16.9. The molecule has 24 heavy (non-hydrogen) atoms. The number of hydrogen-bond acceptors (Lipinski definition) is 4. The third kappa shape index (κ3) is 3.91. The number of rotatable bonds is 4. The van der Waals surface area contributed by atoms with Crippen LogP contribution in [0.4, 0.5) is 15.6 Å². The molecule has 0 bridgehead atoms. The highest BCUT2D eigenvalue weighted by atomic mass is 32.1. The van der Waals surface area contributed by atoms with Gasteiger partial charge in [-0.1, -0.05) is 29.8 Å². The van der Waals surface area contributed by atoms with Crippen LogP contribution < -0.4 is 15.4 Å². The van der Waals surface area contributed by atoms with E-state index in [1.807, 2.05) is 36.6 Å². The molecule has 0 radical (unpaired) electrons. The van der Waals surface area contributed by atoms with Crippen molar-refractivity contribution in [3.63, 3.8) is 0 Å². The van der Waals surface area contributed by atoms with Gasteiger partial charge in [-0.2, -0.15) is 0 Å². The van der Waals surface area contributed by atoms with Gasteiger partial charge in [0.1, 0.15) is 5.75 Å². The van der Waals surface area contributed by atoms with Crippen LogP contribution in [0.5, 0.6) is 5.75 Å². The SMILES string of the molecule is COc1ccc(NC(=O)Nc2nc(-c3ccc(C)cc3)cs2)cc1. The number of aromatic nitrogens is 1. The number of amides is 2. The number of thiazole rings is 1. The Kier molecular flexibility index (Phi) is 4.77. The maximum atomic E-state index is 12.0. The molecule has 122 valence electrons. The van der Waals surface area contributed by atoms with Gasteiger partial charge in [0.15, 0.2) is 5.13 Å². The van der Waals surface area contributed by atoms with Crippen molar-refractivity contribution >= 4 is 28.2 Å².